The number of sulfonamides is 1. The Labute approximate surface area is 188 Å². The first kappa shape index (κ1) is 22.9. The molecule has 9 nitrogen and oxygen atoms in total. The van der Waals surface area contributed by atoms with Crippen molar-refractivity contribution in [3.63, 3.8) is 0 Å². The molecule has 0 saturated carbocycles. The minimum absolute atomic E-state index is 0.0335. The van der Waals surface area contributed by atoms with Crippen LogP contribution in [-0.2, 0) is 27.7 Å². The van der Waals surface area contributed by atoms with E-state index in [0.717, 1.165) is 32.4 Å². The van der Waals surface area contributed by atoms with Gasteiger partial charge in [-0.05, 0) is 32.8 Å². The van der Waals surface area contributed by atoms with Crippen LogP contribution in [0.15, 0.2) is 21.4 Å². The molecule has 3 aromatic rings. The van der Waals surface area contributed by atoms with E-state index >= 15 is 0 Å². The van der Waals surface area contributed by atoms with Crippen LogP contribution in [0.3, 0.4) is 0 Å². The van der Waals surface area contributed by atoms with Crippen molar-refractivity contribution in [2.75, 3.05) is 11.8 Å². The predicted octanol–water partition coefficient (Wildman–Crippen LogP) is 3.75. The first-order valence-corrected chi connectivity index (χ1v) is 11.7. The van der Waals surface area contributed by atoms with Crippen molar-refractivity contribution in [2.24, 2.45) is 0 Å². The van der Waals surface area contributed by atoms with E-state index in [2.05, 4.69) is 19.7 Å². The van der Waals surface area contributed by atoms with Crippen LogP contribution in [0.2, 0.25) is 0 Å². The molecule has 0 fully saturated rings. The van der Waals surface area contributed by atoms with E-state index in [-0.39, 0.29) is 28.5 Å². The molecule has 33 heavy (non-hydrogen) atoms. The lowest BCUT2D eigenvalue weighted by atomic mass is 10.1. The molecule has 0 unspecified atom stereocenters. The summed E-state index contributed by atoms with van der Waals surface area (Å²) in [5.41, 5.74) is -0.900. The lowest BCUT2D eigenvalue weighted by Gasteiger charge is -2.13. The maximum absolute atomic E-state index is 14.7. The molecule has 1 aliphatic rings. The monoisotopic (exact) mass is 480 g/mol. The second kappa shape index (κ2) is 8.58. The van der Waals surface area contributed by atoms with Crippen molar-refractivity contribution in [1.82, 2.24) is 14.8 Å². The predicted molar refractivity (Wildman–Crippen MR) is 113 cm³/mol. The Morgan fingerprint density at radius 3 is 2.61 bits per heavy atom. The third-order valence-corrected chi connectivity index (χ3v) is 7.03. The van der Waals surface area contributed by atoms with Crippen LogP contribution in [0, 0.1) is 25.5 Å². The van der Waals surface area contributed by atoms with E-state index < -0.39 is 38.2 Å². The number of methoxy groups -OCH3 is 1. The molecule has 0 atom stereocenters. The van der Waals surface area contributed by atoms with E-state index in [4.69, 9.17) is 4.42 Å². The van der Waals surface area contributed by atoms with Gasteiger partial charge in [-0.25, -0.2) is 22.0 Å². The van der Waals surface area contributed by atoms with Crippen LogP contribution in [-0.4, -0.2) is 36.3 Å². The Morgan fingerprint density at radius 1 is 1.12 bits per heavy atom. The van der Waals surface area contributed by atoms with E-state index in [9.17, 15) is 22.0 Å². The molecule has 0 aliphatic carbocycles. The third kappa shape index (κ3) is 4.10. The van der Waals surface area contributed by atoms with Gasteiger partial charge in [0.25, 0.3) is 10.0 Å². The summed E-state index contributed by atoms with van der Waals surface area (Å²) in [7, 11) is -3.40. The van der Waals surface area contributed by atoms with Gasteiger partial charge in [-0.15, -0.1) is 10.2 Å². The highest BCUT2D eigenvalue weighted by Crippen LogP contribution is 2.33. The molecule has 0 radical (unpaired) electrons. The summed E-state index contributed by atoms with van der Waals surface area (Å²) in [5.74, 6) is -2.11. The quantitative estimate of drug-likeness (QED) is 0.553. The number of hydrogen-bond donors (Lipinski definition) is 1. The number of halogens is 2. The van der Waals surface area contributed by atoms with Crippen LogP contribution in [0.25, 0.3) is 11.4 Å². The van der Waals surface area contributed by atoms with Gasteiger partial charge in [0.1, 0.15) is 39.4 Å². The van der Waals surface area contributed by atoms with Crippen LogP contribution < -0.4 is 4.72 Å². The van der Waals surface area contributed by atoms with Crippen molar-refractivity contribution < 1.29 is 31.1 Å². The van der Waals surface area contributed by atoms with Gasteiger partial charge < -0.3 is 13.7 Å². The number of ether oxygens (including phenoxy) is 1. The maximum Gasteiger partial charge on any atom is 0.342 e. The number of carbonyl (C=O) groups is 1. The van der Waals surface area contributed by atoms with Gasteiger partial charge in [0.2, 0.25) is 0 Å². The number of rotatable bonds is 5. The highest BCUT2D eigenvalue weighted by atomic mass is 32.2. The number of carbonyl (C=O) groups excluding carboxylic acids is 1. The van der Waals surface area contributed by atoms with E-state index in [1.54, 1.807) is 4.57 Å². The fourth-order valence-electron chi connectivity index (χ4n) is 4.00. The van der Waals surface area contributed by atoms with Crippen LogP contribution in [0.1, 0.15) is 47.0 Å². The molecule has 1 aliphatic heterocycles. The highest BCUT2D eigenvalue weighted by molar-refractivity contribution is 7.92. The number of aromatic nitrogens is 3. The lowest BCUT2D eigenvalue weighted by molar-refractivity contribution is 0.0595. The van der Waals surface area contributed by atoms with Crippen molar-refractivity contribution in [2.45, 2.75) is 51.0 Å². The van der Waals surface area contributed by atoms with E-state index in [1.165, 1.54) is 13.8 Å². The summed E-state index contributed by atoms with van der Waals surface area (Å²) in [6, 6.07) is 1.62. The number of furan rings is 1. The molecule has 176 valence electrons. The van der Waals surface area contributed by atoms with Gasteiger partial charge in [-0.1, -0.05) is 6.42 Å². The number of hydrogen-bond acceptors (Lipinski definition) is 7. The molecular weight excluding hydrogens is 458 g/mol. The number of benzene rings is 1. The van der Waals surface area contributed by atoms with Gasteiger partial charge in [0.15, 0.2) is 5.82 Å². The Hall–Kier alpha value is -3.28. The molecule has 4 rings (SSSR count). The van der Waals surface area contributed by atoms with Crippen molar-refractivity contribution >= 4 is 21.7 Å². The van der Waals surface area contributed by atoms with E-state index in [1.807, 2.05) is 0 Å². The molecular formula is C21H22F2N4O5S. The standard InChI is InChI=1S/C21H22F2N4O5S/c1-11-18(21(28)31-3)19(12(2)32-11)33(29,30)26-16-9-13(14(22)10-15(16)23)20-25-24-17-7-5-4-6-8-27(17)20/h9-10,26H,4-8H2,1-3H3. The maximum atomic E-state index is 14.7. The second-order valence-corrected chi connectivity index (χ2v) is 9.35. The Kier molecular flexibility index (Phi) is 5.95. The molecule has 0 bridgehead atoms. The average molecular weight is 480 g/mol. The fraction of sp³-hybridized carbons (Fsp3) is 0.381. The largest absolute Gasteiger partial charge is 0.465 e. The van der Waals surface area contributed by atoms with Gasteiger partial charge in [0.05, 0.1) is 18.4 Å². The summed E-state index contributed by atoms with van der Waals surface area (Å²) in [4.78, 5) is 11.7. The van der Waals surface area contributed by atoms with Crippen molar-refractivity contribution in [1.29, 1.82) is 0 Å². The molecule has 2 aromatic heterocycles. The number of esters is 1. The molecule has 0 spiro atoms. The summed E-state index contributed by atoms with van der Waals surface area (Å²) >= 11 is 0. The Balaban J connectivity index is 1.78. The normalized spacial score (nSPS) is 14.0. The van der Waals surface area contributed by atoms with Crippen molar-refractivity contribution in [3.05, 3.63) is 46.7 Å². The molecule has 3 heterocycles. The Morgan fingerprint density at radius 2 is 1.88 bits per heavy atom. The summed E-state index contributed by atoms with van der Waals surface area (Å²) in [6.07, 6.45) is 3.47. The van der Waals surface area contributed by atoms with Crippen LogP contribution in [0.5, 0.6) is 0 Å². The van der Waals surface area contributed by atoms with Crippen molar-refractivity contribution in [3.8, 4) is 11.4 Å². The van der Waals surface area contributed by atoms with Gasteiger partial charge in [0, 0.05) is 19.0 Å². The molecule has 12 heteroatoms. The minimum atomic E-state index is -4.50. The first-order valence-electron chi connectivity index (χ1n) is 10.3. The summed E-state index contributed by atoms with van der Waals surface area (Å²) in [5, 5.41) is 8.17. The zero-order valence-electron chi connectivity index (χ0n) is 18.2. The molecule has 1 N–H and O–H groups in total. The fourth-order valence-corrected chi connectivity index (χ4v) is 5.47. The SMILES string of the molecule is COC(=O)c1c(C)oc(C)c1S(=O)(=O)Nc1cc(-c2nnc3n2CCCCC3)c(F)cc1F. The van der Waals surface area contributed by atoms with Gasteiger partial charge >= 0.3 is 5.97 Å². The number of fused-ring (bicyclic) bond motifs is 1. The number of nitrogens with one attached hydrogen (secondary N) is 1. The topological polar surface area (TPSA) is 116 Å². The zero-order chi connectivity index (χ0) is 23.9. The molecule has 0 amide bonds. The van der Waals surface area contributed by atoms with E-state index in [0.29, 0.717) is 24.9 Å². The molecule has 1 aromatic carbocycles. The second-order valence-electron chi connectivity index (χ2n) is 7.73. The van der Waals surface area contributed by atoms with Gasteiger partial charge in [-0.2, -0.15) is 0 Å². The highest BCUT2D eigenvalue weighted by Gasteiger charge is 2.32. The Bertz CT molecular complexity index is 1350. The van der Waals surface area contributed by atoms with Crippen LogP contribution in [0.4, 0.5) is 14.5 Å². The molecule has 0 saturated heterocycles. The zero-order valence-corrected chi connectivity index (χ0v) is 19.1. The first-order chi connectivity index (χ1) is 15.6. The summed E-state index contributed by atoms with van der Waals surface area (Å²) < 4.78 is 69.4. The van der Waals surface area contributed by atoms with Crippen LogP contribution >= 0.6 is 0 Å². The van der Waals surface area contributed by atoms with Gasteiger partial charge in [-0.3, -0.25) is 4.72 Å². The number of aryl methyl sites for hydroxylation is 3. The third-order valence-electron chi connectivity index (χ3n) is 5.51. The summed E-state index contributed by atoms with van der Waals surface area (Å²) in [6.45, 7) is 3.34. The lowest BCUT2D eigenvalue weighted by Crippen LogP contribution is -2.18. The number of anilines is 1. The smallest absolute Gasteiger partial charge is 0.342 e. The minimum Gasteiger partial charge on any atom is -0.465 e. The average Bonchev–Trinajstić information content (AvgIpc) is 3.19. The number of nitrogens with zero attached hydrogens (tertiary/aromatic N) is 3.